The first-order valence-corrected chi connectivity index (χ1v) is 8.18. The van der Waals surface area contributed by atoms with Crippen molar-refractivity contribution in [3.05, 3.63) is 70.7 Å². The normalized spacial score (nSPS) is 10.4. The maximum Gasteiger partial charge on any atom is 0.329 e. The van der Waals surface area contributed by atoms with Gasteiger partial charge < -0.3 is 10.1 Å². The van der Waals surface area contributed by atoms with Crippen LogP contribution in [0.1, 0.15) is 5.56 Å². The van der Waals surface area contributed by atoms with E-state index in [4.69, 9.17) is 27.9 Å². The first-order chi connectivity index (χ1) is 12.5. The smallest absolute Gasteiger partial charge is 0.329 e. The highest BCUT2D eigenvalue weighted by molar-refractivity contribution is 6.42. The summed E-state index contributed by atoms with van der Waals surface area (Å²) >= 11 is 11.8. The summed E-state index contributed by atoms with van der Waals surface area (Å²) in [6.07, 6.45) is 3.02. The van der Waals surface area contributed by atoms with E-state index in [2.05, 4.69) is 22.4 Å². The van der Waals surface area contributed by atoms with Gasteiger partial charge in [-0.3, -0.25) is 9.59 Å². The van der Waals surface area contributed by atoms with E-state index in [1.165, 1.54) is 18.3 Å². The van der Waals surface area contributed by atoms with Crippen LogP contribution in [-0.4, -0.2) is 24.6 Å². The van der Waals surface area contributed by atoms with Gasteiger partial charge in [0, 0.05) is 5.02 Å². The Kier molecular flexibility index (Phi) is 7.20. The van der Waals surface area contributed by atoms with Crippen molar-refractivity contribution >= 4 is 46.9 Å². The van der Waals surface area contributed by atoms with Crippen LogP contribution >= 0.6 is 23.2 Å². The number of nitrogens with zero attached hydrogens (tertiary/aromatic N) is 1. The van der Waals surface area contributed by atoms with Gasteiger partial charge in [0.25, 0.3) is 0 Å². The number of rotatable bonds is 6. The van der Waals surface area contributed by atoms with E-state index in [1.807, 2.05) is 0 Å². The Morgan fingerprint density at radius 3 is 2.73 bits per heavy atom. The fourth-order valence-electron chi connectivity index (χ4n) is 1.83. The number of anilines is 1. The largest absolute Gasteiger partial charge is 0.490 e. The molecule has 0 fully saturated rings. The zero-order valence-electron chi connectivity index (χ0n) is 13.5. The number of nitrogens with one attached hydrogen (secondary N) is 2. The Morgan fingerprint density at radius 1 is 1.15 bits per heavy atom. The van der Waals surface area contributed by atoms with Crippen molar-refractivity contribution in [2.45, 2.75) is 0 Å². The van der Waals surface area contributed by atoms with Crippen molar-refractivity contribution in [1.82, 2.24) is 5.43 Å². The number of hydrogen-bond acceptors (Lipinski definition) is 4. The highest BCUT2D eigenvalue weighted by Crippen LogP contribution is 2.25. The van der Waals surface area contributed by atoms with Gasteiger partial charge in [-0.25, -0.2) is 5.43 Å². The predicted octanol–water partition coefficient (Wildman–Crippen LogP) is 3.65. The summed E-state index contributed by atoms with van der Waals surface area (Å²) in [6.45, 7) is 3.95. The molecular formula is C18H15Cl2N3O3. The van der Waals surface area contributed by atoms with Crippen molar-refractivity contribution in [2.24, 2.45) is 5.10 Å². The number of amides is 2. The lowest BCUT2D eigenvalue weighted by atomic mass is 10.2. The third-order valence-electron chi connectivity index (χ3n) is 2.99. The first-order valence-electron chi connectivity index (χ1n) is 7.43. The molecule has 0 aromatic heterocycles. The average Bonchev–Trinajstić information content (AvgIpc) is 2.63. The number of ether oxygens (including phenoxy) is 1. The number of hydrogen-bond donors (Lipinski definition) is 2. The third kappa shape index (κ3) is 5.91. The van der Waals surface area contributed by atoms with Gasteiger partial charge in [-0.1, -0.05) is 48.0 Å². The summed E-state index contributed by atoms with van der Waals surface area (Å²) in [6, 6.07) is 11.6. The molecule has 2 N–H and O–H groups in total. The van der Waals surface area contributed by atoms with Gasteiger partial charge in [-0.15, -0.1) is 0 Å². The number of hydrazone groups is 1. The molecule has 0 aliphatic heterocycles. The van der Waals surface area contributed by atoms with E-state index >= 15 is 0 Å². The second kappa shape index (κ2) is 9.60. The molecule has 0 unspecified atom stereocenters. The second-order valence-corrected chi connectivity index (χ2v) is 5.79. The van der Waals surface area contributed by atoms with Crippen molar-refractivity contribution in [3.63, 3.8) is 0 Å². The molecule has 2 amide bonds. The zero-order valence-corrected chi connectivity index (χ0v) is 15.1. The lowest BCUT2D eigenvalue weighted by Gasteiger charge is -2.06. The molecule has 134 valence electrons. The van der Waals surface area contributed by atoms with Crippen molar-refractivity contribution in [2.75, 3.05) is 11.9 Å². The molecule has 0 heterocycles. The summed E-state index contributed by atoms with van der Waals surface area (Å²) < 4.78 is 5.39. The summed E-state index contributed by atoms with van der Waals surface area (Å²) in [7, 11) is 0. The van der Waals surface area contributed by atoms with E-state index < -0.39 is 11.8 Å². The molecule has 0 bridgehead atoms. The lowest BCUT2D eigenvalue weighted by Crippen LogP contribution is -2.32. The molecule has 0 atom stereocenters. The third-order valence-corrected chi connectivity index (χ3v) is 3.55. The standard InChI is InChI=1S/C18H15Cl2N3O3/c1-2-8-26-14-5-3-4-12(9-14)11-21-23-18(25)17(24)22-16-10-13(19)6-7-15(16)20/h2-7,9-11H,1,8H2,(H,22,24)(H,23,25)/b21-11-. The van der Waals surface area contributed by atoms with E-state index in [9.17, 15) is 9.59 Å². The summed E-state index contributed by atoms with van der Waals surface area (Å²) in [5.74, 6) is -1.24. The molecule has 0 saturated carbocycles. The van der Waals surface area contributed by atoms with Crippen LogP contribution in [-0.2, 0) is 9.59 Å². The molecule has 0 radical (unpaired) electrons. The van der Waals surface area contributed by atoms with Crippen LogP contribution in [0.25, 0.3) is 0 Å². The van der Waals surface area contributed by atoms with E-state index in [0.29, 0.717) is 22.9 Å². The molecule has 2 aromatic rings. The van der Waals surface area contributed by atoms with Crippen LogP contribution in [0, 0.1) is 0 Å². The van der Waals surface area contributed by atoms with Gasteiger partial charge in [0.05, 0.1) is 16.9 Å². The molecule has 0 aliphatic carbocycles. The maximum atomic E-state index is 11.9. The monoisotopic (exact) mass is 391 g/mol. The molecule has 26 heavy (non-hydrogen) atoms. The van der Waals surface area contributed by atoms with Gasteiger partial charge >= 0.3 is 11.8 Å². The quantitative estimate of drug-likeness (QED) is 0.341. The lowest BCUT2D eigenvalue weighted by molar-refractivity contribution is -0.136. The van der Waals surface area contributed by atoms with Crippen molar-refractivity contribution in [3.8, 4) is 5.75 Å². The highest BCUT2D eigenvalue weighted by atomic mass is 35.5. The predicted molar refractivity (Wildman–Crippen MR) is 103 cm³/mol. The molecule has 6 nitrogen and oxygen atoms in total. The highest BCUT2D eigenvalue weighted by Gasteiger charge is 2.14. The molecule has 8 heteroatoms. The van der Waals surface area contributed by atoms with Gasteiger partial charge in [-0.05, 0) is 35.9 Å². The first kappa shape index (κ1) is 19.5. The molecule has 0 aliphatic rings. The molecule has 2 aromatic carbocycles. The second-order valence-electron chi connectivity index (χ2n) is 4.95. The maximum absolute atomic E-state index is 11.9. The number of benzene rings is 2. The molecular weight excluding hydrogens is 377 g/mol. The molecule has 2 rings (SSSR count). The number of carbonyl (C=O) groups is 2. The molecule has 0 spiro atoms. The molecule has 0 saturated heterocycles. The fraction of sp³-hybridized carbons (Fsp3) is 0.0556. The summed E-state index contributed by atoms with van der Waals surface area (Å²) in [5, 5.41) is 6.74. The Labute approximate surface area is 160 Å². The van der Waals surface area contributed by atoms with E-state index in [0.717, 1.165) is 0 Å². The zero-order chi connectivity index (χ0) is 18.9. The van der Waals surface area contributed by atoms with E-state index in [-0.39, 0.29) is 10.7 Å². The number of halogens is 2. The Balaban J connectivity index is 1.93. The Hall–Kier alpha value is -2.83. The fourth-order valence-corrected chi connectivity index (χ4v) is 2.17. The summed E-state index contributed by atoms with van der Waals surface area (Å²) in [4.78, 5) is 23.7. The van der Waals surface area contributed by atoms with Gasteiger partial charge in [-0.2, -0.15) is 5.10 Å². The Morgan fingerprint density at radius 2 is 1.96 bits per heavy atom. The van der Waals surface area contributed by atoms with Crippen LogP contribution in [0.3, 0.4) is 0 Å². The average molecular weight is 392 g/mol. The van der Waals surface area contributed by atoms with Crippen molar-refractivity contribution in [1.29, 1.82) is 0 Å². The SMILES string of the molecule is C=CCOc1cccc(/C=N\NC(=O)C(=O)Nc2cc(Cl)ccc2Cl)c1. The minimum Gasteiger partial charge on any atom is -0.490 e. The Bertz CT molecular complexity index is 853. The van der Waals surface area contributed by atoms with Gasteiger partial charge in [0.1, 0.15) is 12.4 Å². The topological polar surface area (TPSA) is 79.8 Å². The van der Waals surface area contributed by atoms with E-state index in [1.54, 1.807) is 36.4 Å². The van der Waals surface area contributed by atoms with Gasteiger partial charge in [0.2, 0.25) is 0 Å². The van der Waals surface area contributed by atoms with Crippen LogP contribution in [0.15, 0.2) is 60.2 Å². The van der Waals surface area contributed by atoms with Crippen LogP contribution in [0.5, 0.6) is 5.75 Å². The summed E-state index contributed by atoms with van der Waals surface area (Å²) in [5.41, 5.74) is 3.05. The minimum atomic E-state index is -0.948. The van der Waals surface area contributed by atoms with Crippen LogP contribution < -0.4 is 15.5 Å². The van der Waals surface area contributed by atoms with Crippen molar-refractivity contribution < 1.29 is 14.3 Å². The van der Waals surface area contributed by atoms with Crippen LogP contribution in [0.2, 0.25) is 10.0 Å². The van der Waals surface area contributed by atoms with Gasteiger partial charge in [0.15, 0.2) is 0 Å². The van der Waals surface area contributed by atoms with Crippen LogP contribution in [0.4, 0.5) is 5.69 Å². The minimum absolute atomic E-state index is 0.232. The number of carbonyl (C=O) groups excluding carboxylic acids is 2.